The van der Waals surface area contributed by atoms with E-state index in [1.165, 1.54) is 17.0 Å². The minimum absolute atomic E-state index is 0.0525. The molecule has 214 valence electrons. The highest BCUT2D eigenvalue weighted by atomic mass is 19.1. The van der Waals surface area contributed by atoms with Gasteiger partial charge in [0.25, 0.3) is 0 Å². The van der Waals surface area contributed by atoms with Gasteiger partial charge in [-0.15, -0.1) is 0 Å². The van der Waals surface area contributed by atoms with Crippen LogP contribution in [0.15, 0.2) is 36.8 Å². The molecule has 1 amide bonds. The number of anilines is 2. The van der Waals surface area contributed by atoms with Gasteiger partial charge in [0.15, 0.2) is 5.82 Å². The van der Waals surface area contributed by atoms with Gasteiger partial charge in [0.1, 0.15) is 23.0 Å². The molecule has 2 saturated heterocycles. The number of aromatic nitrogens is 5. The number of amides is 1. The van der Waals surface area contributed by atoms with Crippen LogP contribution in [-0.2, 0) is 11.3 Å². The molecular weight excluding hydrogens is 534 g/mol. The number of nitrogens with one attached hydrogen (secondary N) is 1. The highest BCUT2D eigenvalue weighted by Crippen LogP contribution is 2.32. The first kappa shape index (κ1) is 27.0. The zero-order valence-corrected chi connectivity index (χ0v) is 22.9. The topological polar surface area (TPSA) is 122 Å². The van der Waals surface area contributed by atoms with Gasteiger partial charge in [0.2, 0.25) is 5.95 Å². The lowest BCUT2D eigenvalue weighted by molar-refractivity contribution is -0.0383. The Morgan fingerprint density at radius 3 is 2.63 bits per heavy atom. The summed E-state index contributed by atoms with van der Waals surface area (Å²) in [5, 5.41) is 12.5. The summed E-state index contributed by atoms with van der Waals surface area (Å²) in [6, 6.07) is 4.38. The minimum atomic E-state index is -0.926. The summed E-state index contributed by atoms with van der Waals surface area (Å²) in [4.78, 5) is 32.3. The van der Waals surface area contributed by atoms with E-state index in [1.54, 1.807) is 18.5 Å². The first-order valence-corrected chi connectivity index (χ1v) is 13.4. The fourth-order valence-electron chi connectivity index (χ4n) is 5.81. The molecule has 41 heavy (non-hydrogen) atoms. The number of benzene rings is 1. The van der Waals surface area contributed by atoms with Gasteiger partial charge in [-0.3, -0.25) is 9.80 Å². The van der Waals surface area contributed by atoms with Crippen LogP contribution in [0.5, 0.6) is 0 Å². The Morgan fingerprint density at radius 2 is 1.90 bits per heavy atom. The van der Waals surface area contributed by atoms with Crippen LogP contribution in [0.25, 0.3) is 22.2 Å². The molecule has 2 aliphatic rings. The predicted octanol–water partition coefficient (Wildman–Crippen LogP) is 4.36. The van der Waals surface area contributed by atoms with Gasteiger partial charge in [-0.1, -0.05) is 0 Å². The fraction of sp³-hybridized carbons (Fsp3) is 0.393. The number of imidazole rings is 1. The number of nitrogens with zero attached hydrogens (tertiary/aromatic N) is 7. The lowest BCUT2D eigenvalue weighted by Crippen LogP contribution is -2.52. The number of fused-ring (bicyclic) bond motifs is 2. The normalized spacial score (nSPS) is 19.2. The number of halogens is 2. The number of hydrogen-bond acceptors (Lipinski definition) is 8. The third kappa shape index (κ3) is 5.18. The van der Waals surface area contributed by atoms with Crippen molar-refractivity contribution in [3.8, 4) is 11.1 Å². The molecule has 6 rings (SSSR count). The Morgan fingerprint density at radius 1 is 1.12 bits per heavy atom. The largest absolute Gasteiger partial charge is 0.465 e. The number of pyridine rings is 1. The van der Waals surface area contributed by atoms with Crippen molar-refractivity contribution in [3.05, 3.63) is 59.8 Å². The zero-order valence-electron chi connectivity index (χ0n) is 22.9. The minimum Gasteiger partial charge on any atom is -0.465 e. The highest BCUT2D eigenvalue weighted by molar-refractivity contribution is 5.84. The third-order valence-corrected chi connectivity index (χ3v) is 7.58. The van der Waals surface area contributed by atoms with Gasteiger partial charge in [0, 0.05) is 55.7 Å². The fourth-order valence-corrected chi connectivity index (χ4v) is 5.81. The van der Waals surface area contributed by atoms with Crippen molar-refractivity contribution in [1.82, 2.24) is 34.3 Å². The second kappa shape index (κ2) is 10.6. The number of aryl methyl sites for hydroxylation is 1. The number of morpholine rings is 1. The second-order valence-electron chi connectivity index (χ2n) is 10.7. The monoisotopic (exact) mass is 564 g/mol. The van der Waals surface area contributed by atoms with Gasteiger partial charge in [0.05, 0.1) is 30.5 Å². The lowest BCUT2D eigenvalue weighted by Gasteiger charge is -2.34. The number of carboxylic acid groups (broad SMARTS) is 1. The molecule has 11 nitrogen and oxygen atoms in total. The van der Waals surface area contributed by atoms with Crippen LogP contribution in [0, 0.1) is 18.6 Å². The molecule has 3 aromatic heterocycles. The number of likely N-dealkylation sites (tertiary alicyclic amines) is 1. The van der Waals surface area contributed by atoms with Crippen LogP contribution in [0.3, 0.4) is 0 Å². The third-order valence-electron chi connectivity index (χ3n) is 7.58. The number of hydrogen-bond donors (Lipinski definition) is 2. The highest BCUT2D eigenvalue weighted by Gasteiger charge is 2.42. The van der Waals surface area contributed by atoms with Crippen molar-refractivity contribution in [2.45, 2.75) is 45.5 Å². The lowest BCUT2D eigenvalue weighted by atomic mass is 10.0. The molecule has 4 aromatic rings. The van der Waals surface area contributed by atoms with Gasteiger partial charge in [-0.25, -0.2) is 33.5 Å². The van der Waals surface area contributed by atoms with Gasteiger partial charge in [-0.05, 0) is 44.5 Å². The van der Waals surface area contributed by atoms with E-state index in [0.717, 1.165) is 11.8 Å². The Kier molecular flexibility index (Phi) is 6.99. The van der Waals surface area contributed by atoms with Crippen LogP contribution in [0.4, 0.5) is 25.3 Å². The molecule has 2 unspecified atom stereocenters. The van der Waals surface area contributed by atoms with E-state index in [0.29, 0.717) is 55.5 Å². The van der Waals surface area contributed by atoms with Crippen molar-refractivity contribution in [1.29, 1.82) is 0 Å². The molecule has 2 aliphatic heterocycles. The van der Waals surface area contributed by atoms with Crippen molar-refractivity contribution >= 4 is 28.9 Å². The maximum absolute atomic E-state index is 15.0. The summed E-state index contributed by atoms with van der Waals surface area (Å²) in [6.07, 6.45) is 3.36. The zero-order chi connectivity index (χ0) is 28.8. The average molecular weight is 565 g/mol. The molecule has 0 spiro atoms. The van der Waals surface area contributed by atoms with E-state index in [1.807, 2.05) is 25.3 Å². The van der Waals surface area contributed by atoms with E-state index >= 15 is 4.39 Å². The summed E-state index contributed by atoms with van der Waals surface area (Å²) in [5.41, 5.74) is 2.25. The Labute approximate surface area is 234 Å². The van der Waals surface area contributed by atoms with Crippen LogP contribution in [-0.4, -0.2) is 83.9 Å². The molecule has 2 fully saturated rings. The van der Waals surface area contributed by atoms with Crippen LogP contribution >= 0.6 is 0 Å². The van der Waals surface area contributed by atoms with E-state index in [4.69, 9.17) is 4.74 Å². The first-order valence-electron chi connectivity index (χ1n) is 13.4. The van der Waals surface area contributed by atoms with Crippen molar-refractivity contribution in [2.75, 3.05) is 31.6 Å². The SMILES string of the molecule is Cc1nc2c(F)cc(-c3cc(Nc4ncc(CN5CC6OCCN(C(=O)O)C6C5)cn4)ncc3F)cc2n1C(C)C. The summed E-state index contributed by atoms with van der Waals surface area (Å²) in [6.45, 7) is 8.30. The van der Waals surface area contributed by atoms with Gasteiger partial charge in [-0.2, -0.15) is 0 Å². The molecule has 2 N–H and O–H groups in total. The van der Waals surface area contributed by atoms with Gasteiger partial charge < -0.3 is 19.7 Å². The van der Waals surface area contributed by atoms with Crippen LogP contribution in [0.1, 0.15) is 31.3 Å². The first-order chi connectivity index (χ1) is 19.7. The molecule has 5 heterocycles. The molecule has 0 aliphatic carbocycles. The van der Waals surface area contributed by atoms with E-state index in [-0.39, 0.29) is 35.2 Å². The predicted molar refractivity (Wildman–Crippen MR) is 147 cm³/mol. The van der Waals surface area contributed by atoms with Crippen molar-refractivity contribution < 1.29 is 23.4 Å². The number of carbonyl (C=O) groups is 1. The molecule has 2 atom stereocenters. The number of rotatable bonds is 6. The smallest absolute Gasteiger partial charge is 0.407 e. The molecule has 1 aromatic carbocycles. The molecule has 0 saturated carbocycles. The number of ether oxygens (including phenoxy) is 1. The van der Waals surface area contributed by atoms with Crippen LogP contribution in [0.2, 0.25) is 0 Å². The van der Waals surface area contributed by atoms with Crippen molar-refractivity contribution in [3.63, 3.8) is 0 Å². The Hall–Kier alpha value is -4.23. The molecule has 0 bridgehead atoms. The van der Waals surface area contributed by atoms with Crippen molar-refractivity contribution in [2.24, 2.45) is 0 Å². The maximum atomic E-state index is 15.0. The molecule has 13 heteroatoms. The Balaban J connectivity index is 1.18. The van der Waals surface area contributed by atoms with E-state index < -0.39 is 17.7 Å². The van der Waals surface area contributed by atoms with Crippen LogP contribution < -0.4 is 5.32 Å². The summed E-state index contributed by atoms with van der Waals surface area (Å²) in [5.74, 6) is 0.142. The standard InChI is InChI=1S/C28H30F2N8O3/c1-15(2)38-16(3)34-26-20(29)6-18(7-22(26)38)19-8-25(31-11-21(19)30)35-27-32-9-17(10-33-27)12-36-13-23-24(14-36)41-5-4-37(23)28(39)40/h6-11,15,23-24H,4-5,12-14H2,1-3H3,(H,39,40)(H,31,32,33,35). The summed E-state index contributed by atoms with van der Waals surface area (Å²) >= 11 is 0. The summed E-state index contributed by atoms with van der Waals surface area (Å²) < 4.78 is 37.6. The van der Waals surface area contributed by atoms with Gasteiger partial charge >= 0.3 is 6.09 Å². The quantitative estimate of drug-likeness (QED) is 0.352. The van der Waals surface area contributed by atoms with E-state index in [9.17, 15) is 14.3 Å². The summed E-state index contributed by atoms with van der Waals surface area (Å²) in [7, 11) is 0. The molecular formula is C28H30F2N8O3. The second-order valence-corrected chi connectivity index (χ2v) is 10.7. The Bertz CT molecular complexity index is 1610. The molecule has 0 radical (unpaired) electrons. The van der Waals surface area contributed by atoms with E-state index in [2.05, 4.69) is 30.2 Å². The average Bonchev–Trinajstić information content (AvgIpc) is 3.50. The maximum Gasteiger partial charge on any atom is 0.407 e.